The van der Waals surface area contributed by atoms with Crippen LogP contribution in [0.3, 0.4) is 0 Å². The Morgan fingerprint density at radius 2 is 1.42 bits per heavy atom. The van der Waals surface area contributed by atoms with Crippen LogP contribution in [0.2, 0.25) is 0 Å². The fourth-order valence-electron chi connectivity index (χ4n) is 2.35. The lowest BCUT2D eigenvalue weighted by atomic mass is 9.99. The third-order valence-electron chi connectivity index (χ3n) is 3.30. The Morgan fingerprint density at radius 1 is 0.842 bits per heavy atom. The van der Waals surface area contributed by atoms with Crippen LogP contribution < -0.4 is 4.74 Å². The predicted molar refractivity (Wildman–Crippen MR) is 82.6 cm³/mol. The molecule has 0 aliphatic rings. The lowest BCUT2D eigenvalue weighted by Gasteiger charge is -2.07. The molecule has 2 aromatic carbocycles. The van der Waals surface area contributed by atoms with Crippen molar-refractivity contribution in [2.45, 2.75) is 20.8 Å². The molecule has 0 aliphatic heterocycles. The second kappa shape index (κ2) is 5.75. The van der Waals surface area contributed by atoms with Crippen molar-refractivity contribution in [1.29, 1.82) is 0 Å². The molecule has 0 aromatic heterocycles. The van der Waals surface area contributed by atoms with Crippen LogP contribution in [0.1, 0.15) is 27.8 Å². The molecule has 0 fully saturated rings. The molecule has 0 radical (unpaired) electrons. The summed E-state index contributed by atoms with van der Waals surface area (Å²) in [6.07, 6.45) is 4.33. The minimum Gasteiger partial charge on any atom is -0.497 e. The summed E-state index contributed by atoms with van der Waals surface area (Å²) in [6.45, 7) is 6.46. The molecule has 1 nitrogen and oxygen atoms in total. The van der Waals surface area contributed by atoms with Gasteiger partial charge in [0.05, 0.1) is 7.11 Å². The van der Waals surface area contributed by atoms with Gasteiger partial charge in [-0.3, -0.25) is 0 Å². The van der Waals surface area contributed by atoms with Crippen LogP contribution in [0, 0.1) is 20.8 Å². The van der Waals surface area contributed by atoms with Crippen LogP contribution in [-0.4, -0.2) is 7.11 Å². The number of hydrogen-bond acceptors (Lipinski definition) is 1. The van der Waals surface area contributed by atoms with Crippen molar-refractivity contribution < 1.29 is 4.74 Å². The summed E-state index contributed by atoms with van der Waals surface area (Å²) in [4.78, 5) is 0. The van der Waals surface area contributed by atoms with Crippen LogP contribution in [0.4, 0.5) is 0 Å². The molecular formula is C18H20O. The standard InChI is InChI=1S/C18H20O/c1-13-11-14(2)18(15(3)12-13)10-7-16-5-8-17(19-4)9-6-16/h5-12H,1-4H3/b10-7+. The van der Waals surface area contributed by atoms with Gasteiger partial charge < -0.3 is 4.74 Å². The van der Waals surface area contributed by atoms with E-state index < -0.39 is 0 Å². The quantitative estimate of drug-likeness (QED) is 0.714. The Bertz CT molecular complexity index is 569. The molecule has 2 rings (SSSR count). The summed E-state index contributed by atoms with van der Waals surface area (Å²) in [6, 6.07) is 12.5. The highest BCUT2D eigenvalue weighted by Gasteiger charge is 2.00. The third-order valence-corrected chi connectivity index (χ3v) is 3.30. The Morgan fingerprint density at radius 3 is 1.95 bits per heavy atom. The Kier molecular flexibility index (Phi) is 4.06. The minimum atomic E-state index is 0.889. The molecule has 0 bridgehead atoms. The zero-order chi connectivity index (χ0) is 13.8. The summed E-state index contributed by atoms with van der Waals surface area (Å²) in [5.41, 5.74) is 6.45. The summed E-state index contributed by atoms with van der Waals surface area (Å²) >= 11 is 0. The number of methoxy groups -OCH3 is 1. The predicted octanol–water partition coefficient (Wildman–Crippen LogP) is 4.79. The number of ether oxygens (including phenoxy) is 1. The number of benzene rings is 2. The van der Waals surface area contributed by atoms with E-state index in [0.29, 0.717) is 0 Å². The van der Waals surface area contributed by atoms with Gasteiger partial charge in [0.25, 0.3) is 0 Å². The van der Waals surface area contributed by atoms with E-state index in [1.165, 1.54) is 27.8 Å². The molecule has 0 aliphatic carbocycles. The molecule has 1 heteroatoms. The molecule has 0 saturated carbocycles. The molecule has 0 amide bonds. The Hall–Kier alpha value is -2.02. The van der Waals surface area contributed by atoms with Crippen molar-refractivity contribution in [3.05, 3.63) is 64.2 Å². The van der Waals surface area contributed by atoms with Crippen molar-refractivity contribution in [3.8, 4) is 5.75 Å². The highest BCUT2D eigenvalue weighted by molar-refractivity contribution is 5.73. The van der Waals surface area contributed by atoms with Gasteiger partial charge in [0, 0.05) is 0 Å². The minimum absolute atomic E-state index is 0.889. The first-order chi connectivity index (χ1) is 9.10. The van der Waals surface area contributed by atoms with Crippen LogP contribution >= 0.6 is 0 Å². The van der Waals surface area contributed by atoms with Crippen LogP contribution in [-0.2, 0) is 0 Å². The Balaban J connectivity index is 2.27. The average molecular weight is 252 g/mol. The van der Waals surface area contributed by atoms with Gasteiger partial charge in [0.2, 0.25) is 0 Å². The van der Waals surface area contributed by atoms with E-state index in [0.717, 1.165) is 5.75 Å². The van der Waals surface area contributed by atoms with Gasteiger partial charge in [-0.1, -0.05) is 42.0 Å². The van der Waals surface area contributed by atoms with Gasteiger partial charge in [0.1, 0.15) is 5.75 Å². The summed E-state index contributed by atoms with van der Waals surface area (Å²) in [5, 5.41) is 0. The molecule has 0 heterocycles. The molecule has 0 spiro atoms. The lowest BCUT2D eigenvalue weighted by Crippen LogP contribution is -1.88. The fraction of sp³-hybridized carbons (Fsp3) is 0.222. The largest absolute Gasteiger partial charge is 0.497 e. The van der Waals surface area contributed by atoms with Gasteiger partial charge in [0.15, 0.2) is 0 Å². The first-order valence-electron chi connectivity index (χ1n) is 6.50. The van der Waals surface area contributed by atoms with Crippen molar-refractivity contribution in [2.75, 3.05) is 7.11 Å². The summed E-state index contributed by atoms with van der Waals surface area (Å²) in [7, 11) is 1.68. The number of rotatable bonds is 3. The first-order valence-corrected chi connectivity index (χ1v) is 6.50. The molecule has 0 N–H and O–H groups in total. The van der Waals surface area contributed by atoms with Gasteiger partial charge >= 0.3 is 0 Å². The summed E-state index contributed by atoms with van der Waals surface area (Å²) < 4.78 is 5.16. The number of aryl methyl sites for hydroxylation is 3. The van der Waals surface area contributed by atoms with Crippen LogP contribution in [0.5, 0.6) is 5.75 Å². The van der Waals surface area contributed by atoms with E-state index >= 15 is 0 Å². The van der Waals surface area contributed by atoms with Gasteiger partial charge in [-0.2, -0.15) is 0 Å². The zero-order valence-corrected chi connectivity index (χ0v) is 12.0. The zero-order valence-electron chi connectivity index (χ0n) is 12.0. The highest BCUT2D eigenvalue weighted by atomic mass is 16.5. The maximum Gasteiger partial charge on any atom is 0.118 e. The van der Waals surface area contributed by atoms with Crippen LogP contribution in [0.15, 0.2) is 36.4 Å². The highest BCUT2D eigenvalue weighted by Crippen LogP contribution is 2.20. The molecule has 2 aromatic rings. The van der Waals surface area contributed by atoms with E-state index in [1.54, 1.807) is 7.11 Å². The lowest BCUT2D eigenvalue weighted by molar-refractivity contribution is 0.415. The molecule has 0 atom stereocenters. The third kappa shape index (κ3) is 3.25. The second-order valence-electron chi connectivity index (χ2n) is 4.92. The van der Waals surface area contributed by atoms with E-state index in [1.807, 2.05) is 12.1 Å². The maximum atomic E-state index is 5.16. The van der Waals surface area contributed by atoms with Crippen molar-refractivity contribution in [1.82, 2.24) is 0 Å². The van der Waals surface area contributed by atoms with E-state index in [2.05, 4.69) is 57.2 Å². The molecule has 0 unspecified atom stereocenters. The van der Waals surface area contributed by atoms with Crippen molar-refractivity contribution in [2.24, 2.45) is 0 Å². The van der Waals surface area contributed by atoms with E-state index in [9.17, 15) is 0 Å². The van der Waals surface area contributed by atoms with Crippen molar-refractivity contribution in [3.63, 3.8) is 0 Å². The van der Waals surface area contributed by atoms with Gasteiger partial charge in [-0.25, -0.2) is 0 Å². The smallest absolute Gasteiger partial charge is 0.118 e. The second-order valence-corrected chi connectivity index (χ2v) is 4.92. The molecule has 19 heavy (non-hydrogen) atoms. The summed E-state index contributed by atoms with van der Waals surface area (Å²) in [5.74, 6) is 0.889. The number of hydrogen-bond donors (Lipinski definition) is 0. The van der Waals surface area contributed by atoms with Gasteiger partial charge in [-0.15, -0.1) is 0 Å². The first kappa shape index (κ1) is 13.4. The Labute approximate surface area is 115 Å². The topological polar surface area (TPSA) is 9.23 Å². The van der Waals surface area contributed by atoms with Crippen molar-refractivity contribution >= 4 is 12.2 Å². The SMILES string of the molecule is COc1ccc(/C=C/c2c(C)cc(C)cc2C)cc1. The van der Waals surface area contributed by atoms with E-state index in [4.69, 9.17) is 4.74 Å². The van der Waals surface area contributed by atoms with Gasteiger partial charge in [-0.05, 0) is 55.2 Å². The monoisotopic (exact) mass is 252 g/mol. The molecule has 98 valence electrons. The maximum absolute atomic E-state index is 5.16. The normalized spacial score (nSPS) is 10.9. The average Bonchev–Trinajstić information content (AvgIpc) is 2.38. The molecule has 0 saturated heterocycles. The fourth-order valence-corrected chi connectivity index (χ4v) is 2.35. The van der Waals surface area contributed by atoms with Crippen LogP contribution in [0.25, 0.3) is 12.2 Å². The van der Waals surface area contributed by atoms with E-state index in [-0.39, 0.29) is 0 Å². The molecular weight excluding hydrogens is 232 g/mol.